The molecule has 3 atom stereocenters. The van der Waals surface area contributed by atoms with Gasteiger partial charge in [-0.25, -0.2) is 0 Å². The molecule has 1 aromatic carbocycles. The summed E-state index contributed by atoms with van der Waals surface area (Å²) in [7, 11) is 0. The second-order valence-electron chi connectivity index (χ2n) is 8.82. The Hall–Kier alpha value is -2.29. The molecule has 0 aromatic heterocycles. The highest BCUT2D eigenvalue weighted by molar-refractivity contribution is 6.05. The number of nitrogens with zero attached hydrogens (tertiary/aromatic N) is 2. The average molecular weight is 398 g/mol. The van der Waals surface area contributed by atoms with Crippen LogP contribution in [0.25, 0.3) is 0 Å². The molecule has 4 aliphatic rings. The summed E-state index contributed by atoms with van der Waals surface area (Å²) < 4.78 is 5.60. The molecule has 8 heteroatoms. The molecule has 0 bridgehead atoms. The maximum absolute atomic E-state index is 12.8. The fourth-order valence-corrected chi connectivity index (χ4v) is 5.20. The van der Waals surface area contributed by atoms with Gasteiger partial charge in [-0.2, -0.15) is 0 Å². The molecule has 29 heavy (non-hydrogen) atoms. The van der Waals surface area contributed by atoms with Gasteiger partial charge in [-0.1, -0.05) is 12.1 Å². The molecule has 0 spiro atoms. The number of benzene rings is 1. The minimum Gasteiger partial charge on any atom is -0.381 e. The zero-order valence-electron chi connectivity index (χ0n) is 16.4. The van der Waals surface area contributed by atoms with Gasteiger partial charge >= 0.3 is 0 Å². The Labute approximate surface area is 169 Å². The maximum atomic E-state index is 12.8. The first-order chi connectivity index (χ1) is 13.9. The number of piperidine rings is 1. The third-order valence-electron chi connectivity index (χ3n) is 6.83. The lowest BCUT2D eigenvalue weighted by molar-refractivity contribution is -0.136. The summed E-state index contributed by atoms with van der Waals surface area (Å²) in [4.78, 5) is 40.4. The van der Waals surface area contributed by atoms with Crippen LogP contribution < -0.4 is 11.1 Å². The van der Waals surface area contributed by atoms with Crippen molar-refractivity contribution in [2.24, 2.45) is 11.7 Å². The van der Waals surface area contributed by atoms with Crippen LogP contribution >= 0.6 is 0 Å². The van der Waals surface area contributed by atoms with E-state index in [1.165, 1.54) is 0 Å². The summed E-state index contributed by atoms with van der Waals surface area (Å²) in [6.45, 7) is 4.44. The van der Waals surface area contributed by atoms with E-state index in [0.717, 1.165) is 50.4 Å². The summed E-state index contributed by atoms with van der Waals surface area (Å²) in [5.41, 5.74) is 9.18. The van der Waals surface area contributed by atoms with E-state index in [2.05, 4.69) is 16.3 Å². The number of hydrogen-bond donors (Lipinski definition) is 2. The first-order valence-electron chi connectivity index (χ1n) is 10.3. The van der Waals surface area contributed by atoms with Gasteiger partial charge in [-0.15, -0.1) is 0 Å². The Bertz CT molecular complexity index is 887. The van der Waals surface area contributed by atoms with Crippen LogP contribution in [-0.4, -0.2) is 65.4 Å². The van der Waals surface area contributed by atoms with Crippen LogP contribution in [0.1, 0.15) is 40.7 Å². The average Bonchev–Trinajstić information content (AvgIpc) is 3.18. The molecule has 0 saturated carbocycles. The minimum absolute atomic E-state index is 0.133. The molecule has 3 fully saturated rings. The lowest BCUT2D eigenvalue weighted by atomic mass is 9.84. The lowest BCUT2D eigenvalue weighted by Crippen LogP contribution is -2.52. The normalized spacial score (nSPS) is 32.3. The summed E-state index contributed by atoms with van der Waals surface area (Å²) >= 11 is 0. The summed E-state index contributed by atoms with van der Waals surface area (Å²) in [6, 6.07) is 5.35. The van der Waals surface area contributed by atoms with Gasteiger partial charge in [0.1, 0.15) is 6.04 Å². The fraction of sp³-hybridized carbons (Fsp3) is 0.571. The molecule has 3 amide bonds. The molecule has 1 unspecified atom stereocenters. The van der Waals surface area contributed by atoms with Crippen LogP contribution in [0.3, 0.4) is 0 Å². The van der Waals surface area contributed by atoms with E-state index in [1.807, 2.05) is 12.1 Å². The van der Waals surface area contributed by atoms with E-state index in [0.29, 0.717) is 24.4 Å². The van der Waals surface area contributed by atoms with E-state index in [9.17, 15) is 14.4 Å². The van der Waals surface area contributed by atoms with E-state index >= 15 is 0 Å². The molecule has 0 aliphatic carbocycles. The number of nitrogens with one attached hydrogen (secondary N) is 1. The Morgan fingerprint density at radius 2 is 2.14 bits per heavy atom. The molecule has 0 radical (unpaired) electrons. The van der Waals surface area contributed by atoms with Crippen molar-refractivity contribution in [3.05, 3.63) is 34.9 Å². The highest BCUT2D eigenvalue weighted by Crippen LogP contribution is 2.34. The second-order valence-corrected chi connectivity index (χ2v) is 8.82. The Balaban J connectivity index is 1.29. The SMILES string of the molecule is N[C@@]12CCOC[C@@H]1CN(Cc1ccc3c(c1)CN(C1CCC(=O)NC1=O)C3=O)C2. The van der Waals surface area contributed by atoms with E-state index in [-0.39, 0.29) is 29.7 Å². The molecule has 8 nitrogen and oxygen atoms in total. The van der Waals surface area contributed by atoms with Crippen molar-refractivity contribution in [1.29, 1.82) is 0 Å². The second kappa shape index (κ2) is 6.90. The Kier molecular flexibility index (Phi) is 4.45. The van der Waals surface area contributed by atoms with E-state index < -0.39 is 6.04 Å². The van der Waals surface area contributed by atoms with Crippen molar-refractivity contribution in [2.75, 3.05) is 26.3 Å². The molecule has 3 saturated heterocycles. The lowest BCUT2D eigenvalue weighted by Gasteiger charge is -2.34. The largest absolute Gasteiger partial charge is 0.381 e. The van der Waals surface area contributed by atoms with Gasteiger partial charge in [0.05, 0.1) is 6.61 Å². The molecular weight excluding hydrogens is 372 g/mol. The molecular formula is C21H26N4O4. The Morgan fingerprint density at radius 1 is 1.28 bits per heavy atom. The third-order valence-corrected chi connectivity index (χ3v) is 6.83. The van der Waals surface area contributed by atoms with Crippen molar-refractivity contribution in [1.82, 2.24) is 15.1 Å². The van der Waals surface area contributed by atoms with E-state index in [1.54, 1.807) is 4.90 Å². The van der Waals surface area contributed by atoms with Crippen molar-refractivity contribution in [2.45, 2.75) is 43.9 Å². The van der Waals surface area contributed by atoms with Gasteiger partial charge in [0.15, 0.2) is 0 Å². The van der Waals surface area contributed by atoms with Crippen LogP contribution in [0.5, 0.6) is 0 Å². The molecule has 3 N–H and O–H groups in total. The van der Waals surface area contributed by atoms with E-state index in [4.69, 9.17) is 10.5 Å². The van der Waals surface area contributed by atoms with Crippen LogP contribution in [0.15, 0.2) is 18.2 Å². The van der Waals surface area contributed by atoms with Gasteiger partial charge in [0.25, 0.3) is 5.91 Å². The zero-order chi connectivity index (χ0) is 20.2. The predicted octanol–water partition coefficient (Wildman–Crippen LogP) is -0.00280. The fourth-order valence-electron chi connectivity index (χ4n) is 5.20. The smallest absolute Gasteiger partial charge is 0.255 e. The van der Waals surface area contributed by atoms with Crippen molar-refractivity contribution >= 4 is 17.7 Å². The predicted molar refractivity (Wildman–Crippen MR) is 104 cm³/mol. The van der Waals surface area contributed by atoms with Gasteiger partial charge in [-0.05, 0) is 30.0 Å². The van der Waals surface area contributed by atoms with Gasteiger partial charge in [0.2, 0.25) is 11.8 Å². The first kappa shape index (κ1) is 18.7. The van der Waals surface area contributed by atoms with Crippen LogP contribution in [0.4, 0.5) is 0 Å². The molecule has 4 aliphatic heterocycles. The number of rotatable bonds is 3. The van der Waals surface area contributed by atoms with Crippen LogP contribution in [-0.2, 0) is 27.4 Å². The monoisotopic (exact) mass is 398 g/mol. The van der Waals surface area contributed by atoms with Gasteiger partial charge in [-0.3, -0.25) is 24.6 Å². The van der Waals surface area contributed by atoms with Crippen LogP contribution in [0, 0.1) is 5.92 Å². The molecule has 5 rings (SSSR count). The maximum Gasteiger partial charge on any atom is 0.255 e. The van der Waals surface area contributed by atoms with Crippen molar-refractivity contribution < 1.29 is 19.1 Å². The number of carbonyl (C=O) groups is 3. The third kappa shape index (κ3) is 3.25. The highest BCUT2D eigenvalue weighted by Gasteiger charge is 2.45. The minimum atomic E-state index is -0.574. The van der Waals surface area contributed by atoms with Gasteiger partial charge < -0.3 is 15.4 Å². The number of fused-ring (bicyclic) bond motifs is 2. The highest BCUT2D eigenvalue weighted by atomic mass is 16.5. The topological polar surface area (TPSA) is 105 Å². The van der Waals surface area contributed by atoms with Crippen molar-refractivity contribution in [3.63, 3.8) is 0 Å². The number of likely N-dealkylation sites (tertiary alicyclic amines) is 1. The quantitative estimate of drug-likeness (QED) is 0.695. The summed E-state index contributed by atoms with van der Waals surface area (Å²) in [5.74, 6) is -0.411. The summed E-state index contributed by atoms with van der Waals surface area (Å²) in [5, 5.41) is 2.34. The summed E-state index contributed by atoms with van der Waals surface area (Å²) in [6.07, 6.45) is 1.54. The number of amides is 3. The van der Waals surface area contributed by atoms with Crippen molar-refractivity contribution in [3.8, 4) is 0 Å². The first-order valence-corrected chi connectivity index (χ1v) is 10.3. The number of imide groups is 1. The molecule has 154 valence electrons. The standard InChI is InChI=1S/C21H26N4O4/c22-21-5-6-29-11-15(21)10-24(12-21)8-13-1-2-16-14(7-13)9-25(20(16)28)17-3-4-18(26)23-19(17)27/h1-2,7,15,17H,3-6,8-12,22H2,(H,23,26,27)/t15-,17?,21+/m0/s1. The van der Waals surface area contributed by atoms with Crippen LogP contribution in [0.2, 0.25) is 0 Å². The number of ether oxygens (including phenoxy) is 1. The van der Waals surface area contributed by atoms with Gasteiger partial charge in [0, 0.05) is 56.2 Å². The number of hydrogen-bond acceptors (Lipinski definition) is 6. The molecule has 4 heterocycles. The zero-order valence-corrected chi connectivity index (χ0v) is 16.4. The number of carbonyl (C=O) groups excluding carboxylic acids is 3. The molecule has 1 aromatic rings. The number of nitrogens with two attached hydrogens (primary N) is 1. The Morgan fingerprint density at radius 3 is 2.93 bits per heavy atom.